The molecule has 4 nitrogen and oxygen atoms in total. The third-order valence-corrected chi connectivity index (χ3v) is 6.72. The minimum Gasteiger partial charge on any atom is -0.497 e. The van der Waals surface area contributed by atoms with Crippen molar-refractivity contribution in [3.05, 3.63) is 29.8 Å². The fourth-order valence-corrected chi connectivity index (χ4v) is 4.87. The molecule has 26 heavy (non-hydrogen) atoms. The molecule has 2 saturated heterocycles. The summed E-state index contributed by atoms with van der Waals surface area (Å²) in [6.07, 6.45) is 8.77. The third kappa shape index (κ3) is 3.75. The molecule has 1 unspecified atom stereocenters. The Morgan fingerprint density at radius 2 is 1.92 bits per heavy atom. The second-order valence-electron chi connectivity index (χ2n) is 8.40. The smallest absolute Gasteiger partial charge is 0.225 e. The van der Waals surface area contributed by atoms with E-state index in [9.17, 15) is 4.79 Å². The average Bonchev–Trinajstić information content (AvgIpc) is 2.67. The minimum atomic E-state index is 0.0608. The van der Waals surface area contributed by atoms with Crippen molar-refractivity contribution >= 4 is 5.91 Å². The molecule has 142 valence electrons. The average molecular weight is 357 g/mol. The number of carbonyl (C=O) groups is 1. The van der Waals surface area contributed by atoms with Crippen molar-refractivity contribution in [1.82, 2.24) is 4.90 Å². The number of nitrogens with zero attached hydrogens (tertiary/aromatic N) is 1. The highest BCUT2D eigenvalue weighted by Crippen LogP contribution is 2.44. The number of likely N-dealkylation sites (tertiary alicyclic amines) is 1. The van der Waals surface area contributed by atoms with Gasteiger partial charge in [0.25, 0.3) is 0 Å². The summed E-state index contributed by atoms with van der Waals surface area (Å²) in [5.41, 5.74) is 1.43. The standard InChI is InChI=1S/C22H31NO3/c1-25-20-5-3-17(4-6-20)15-18-7-12-23(13-8-18)21(24)19-9-14-26-22(16-19)10-2-11-22/h3-6,18-19H,2,7-16H2,1H3. The Morgan fingerprint density at radius 1 is 1.19 bits per heavy atom. The van der Waals surface area contributed by atoms with E-state index in [4.69, 9.17) is 9.47 Å². The Morgan fingerprint density at radius 3 is 2.54 bits per heavy atom. The molecule has 0 aromatic heterocycles. The van der Waals surface area contributed by atoms with E-state index >= 15 is 0 Å². The van der Waals surface area contributed by atoms with Gasteiger partial charge in [-0.05, 0) is 75.0 Å². The van der Waals surface area contributed by atoms with Gasteiger partial charge in [-0.3, -0.25) is 4.79 Å². The zero-order chi connectivity index (χ0) is 18.0. The molecule has 1 amide bonds. The number of rotatable bonds is 4. The summed E-state index contributed by atoms with van der Waals surface area (Å²) in [7, 11) is 1.70. The molecular weight excluding hydrogens is 326 g/mol. The van der Waals surface area contributed by atoms with E-state index < -0.39 is 0 Å². The summed E-state index contributed by atoms with van der Waals surface area (Å²) in [4.78, 5) is 15.1. The molecule has 0 N–H and O–H groups in total. The molecule has 1 spiro atoms. The van der Waals surface area contributed by atoms with Crippen LogP contribution in [-0.2, 0) is 16.0 Å². The molecule has 4 rings (SSSR count). The van der Waals surface area contributed by atoms with Crippen LogP contribution in [0.5, 0.6) is 5.75 Å². The monoisotopic (exact) mass is 357 g/mol. The van der Waals surface area contributed by atoms with Crippen molar-refractivity contribution in [1.29, 1.82) is 0 Å². The summed E-state index contributed by atoms with van der Waals surface area (Å²) in [5, 5.41) is 0. The molecule has 1 saturated carbocycles. The molecule has 0 radical (unpaired) electrons. The summed E-state index contributed by atoms with van der Waals surface area (Å²) < 4.78 is 11.2. The second kappa shape index (κ2) is 7.59. The SMILES string of the molecule is COc1ccc(CC2CCN(C(=O)C3CCOC4(CCC4)C3)CC2)cc1. The van der Waals surface area contributed by atoms with Crippen molar-refractivity contribution in [3.63, 3.8) is 0 Å². The highest BCUT2D eigenvalue weighted by molar-refractivity contribution is 5.79. The lowest BCUT2D eigenvalue weighted by atomic mass is 9.71. The normalized spacial score (nSPS) is 25.7. The van der Waals surface area contributed by atoms with Crippen molar-refractivity contribution in [3.8, 4) is 5.75 Å². The van der Waals surface area contributed by atoms with Gasteiger partial charge in [0.2, 0.25) is 5.91 Å². The number of amides is 1. The molecule has 1 aromatic rings. The fraction of sp³-hybridized carbons (Fsp3) is 0.682. The molecule has 3 aliphatic rings. The van der Waals surface area contributed by atoms with Crippen LogP contribution in [0.3, 0.4) is 0 Å². The van der Waals surface area contributed by atoms with Gasteiger partial charge in [-0.15, -0.1) is 0 Å². The number of hydrogen-bond donors (Lipinski definition) is 0. The highest BCUT2D eigenvalue weighted by Gasteiger charge is 2.45. The van der Waals surface area contributed by atoms with E-state index in [-0.39, 0.29) is 11.5 Å². The predicted octanol–water partition coefficient (Wildman–Crippen LogP) is 3.83. The van der Waals surface area contributed by atoms with Gasteiger partial charge in [0.15, 0.2) is 0 Å². The molecule has 0 bridgehead atoms. The van der Waals surface area contributed by atoms with Gasteiger partial charge in [0.1, 0.15) is 5.75 Å². The van der Waals surface area contributed by atoms with Crippen molar-refractivity contribution in [2.45, 2.75) is 57.0 Å². The Kier molecular flexibility index (Phi) is 5.21. The lowest BCUT2D eigenvalue weighted by Gasteiger charge is -2.47. The predicted molar refractivity (Wildman–Crippen MR) is 101 cm³/mol. The lowest BCUT2D eigenvalue weighted by molar-refractivity contribution is -0.164. The van der Waals surface area contributed by atoms with Crippen molar-refractivity contribution in [2.24, 2.45) is 11.8 Å². The molecule has 1 atom stereocenters. The van der Waals surface area contributed by atoms with Crippen LogP contribution in [0.1, 0.15) is 50.5 Å². The lowest BCUT2D eigenvalue weighted by Crippen LogP contribution is -2.50. The fourth-order valence-electron chi connectivity index (χ4n) is 4.87. The van der Waals surface area contributed by atoms with Crippen LogP contribution in [0.15, 0.2) is 24.3 Å². The zero-order valence-corrected chi connectivity index (χ0v) is 15.9. The van der Waals surface area contributed by atoms with E-state index in [1.165, 1.54) is 12.0 Å². The maximum Gasteiger partial charge on any atom is 0.225 e. The Bertz CT molecular complexity index is 615. The minimum absolute atomic E-state index is 0.0608. The first-order chi connectivity index (χ1) is 12.7. The summed E-state index contributed by atoms with van der Waals surface area (Å²) in [6.45, 7) is 2.61. The van der Waals surface area contributed by atoms with Crippen molar-refractivity contribution in [2.75, 3.05) is 26.8 Å². The van der Waals surface area contributed by atoms with Crippen LogP contribution < -0.4 is 4.74 Å². The van der Waals surface area contributed by atoms with Crippen LogP contribution in [0.4, 0.5) is 0 Å². The first-order valence-electron chi connectivity index (χ1n) is 10.2. The van der Waals surface area contributed by atoms with E-state index in [0.717, 1.165) is 70.4 Å². The van der Waals surface area contributed by atoms with E-state index in [1.54, 1.807) is 7.11 Å². The Labute approximate surface area is 156 Å². The largest absolute Gasteiger partial charge is 0.497 e. The van der Waals surface area contributed by atoms with Gasteiger partial charge in [0, 0.05) is 25.6 Å². The number of benzene rings is 1. The van der Waals surface area contributed by atoms with Gasteiger partial charge in [0.05, 0.1) is 12.7 Å². The van der Waals surface area contributed by atoms with Crippen LogP contribution >= 0.6 is 0 Å². The molecule has 1 aromatic carbocycles. The van der Waals surface area contributed by atoms with Crippen LogP contribution in [0, 0.1) is 11.8 Å². The molecule has 2 aliphatic heterocycles. The molecule has 4 heteroatoms. The number of piperidine rings is 1. The number of carbonyl (C=O) groups excluding carboxylic acids is 1. The molecule has 1 aliphatic carbocycles. The molecular formula is C22H31NO3. The quantitative estimate of drug-likeness (QED) is 0.822. The van der Waals surface area contributed by atoms with Crippen LogP contribution in [-0.4, -0.2) is 43.2 Å². The number of hydrogen-bond acceptors (Lipinski definition) is 3. The zero-order valence-electron chi connectivity index (χ0n) is 15.9. The maximum atomic E-state index is 13.0. The Balaban J connectivity index is 1.26. The van der Waals surface area contributed by atoms with Crippen LogP contribution in [0.25, 0.3) is 0 Å². The van der Waals surface area contributed by atoms with Crippen LogP contribution in [0.2, 0.25) is 0 Å². The molecule has 2 heterocycles. The first kappa shape index (κ1) is 17.8. The summed E-state index contributed by atoms with van der Waals surface area (Å²) >= 11 is 0. The van der Waals surface area contributed by atoms with Crippen molar-refractivity contribution < 1.29 is 14.3 Å². The third-order valence-electron chi connectivity index (χ3n) is 6.72. The highest BCUT2D eigenvalue weighted by atomic mass is 16.5. The van der Waals surface area contributed by atoms with Gasteiger partial charge < -0.3 is 14.4 Å². The van der Waals surface area contributed by atoms with Gasteiger partial charge in [-0.25, -0.2) is 0 Å². The van der Waals surface area contributed by atoms with E-state index in [1.807, 2.05) is 12.1 Å². The van der Waals surface area contributed by atoms with Gasteiger partial charge in [-0.1, -0.05) is 12.1 Å². The summed E-state index contributed by atoms with van der Waals surface area (Å²) in [6, 6.07) is 8.40. The topological polar surface area (TPSA) is 38.8 Å². The number of ether oxygens (including phenoxy) is 2. The number of methoxy groups -OCH3 is 1. The second-order valence-corrected chi connectivity index (χ2v) is 8.40. The van der Waals surface area contributed by atoms with Gasteiger partial charge in [-0.2, -0.15) is 0 Å². The summed E-state index contributed by atoms with van der Waals surface area (Å²) in [5.74, 6) is 2.18. The molecule has 3 fully saturated rings. The van der Waals surface area contributed by atoms with E-state index in [0.29, 0.717) is 11.8 Å². The maximum absolute atomic E-state index is 13.0. The van der Waals surface area contributed by atoms with E-state index in [2.05, 4.69) is 17.0 Å². The van der Waals surface area contributed by atoms with Gasteiger partial charge >= 0.3 is 0 Å². The Hall–Kier alpha value is -1.55. The first-order valence-corrected chi connectivity index (χ1v) is 10.2.